The van der Waals surface area contributed by atoms with Gasteiger partial charge in [-0.15, -0.1) is 11.6 Å². The van der Waals surface area contributed by atoms with Crippen LogP contribution in [-0.4, -0.2) is 11.2 Å². The summed E-state index contributed by atoms with van der Waals surface area (Å²) in [6, 6.07) is 5.23. The van der Waals surface area contributed by atoms with Crippen molar-refractivity contribution in [3.05, 3.63) is 33.8 Å². The molecule has 0 fully saturated rings. The van der Waals surface area contributed by atoms with Crippen LogP contribution in [0.2, 0.25) is 10.0 Å². The molecular formula is C10H9Cl3O. The third-order valence-electron chi connectivity index (χ3n) is 1.84. The fourth-order valence-corrected chi connectivity index (χ4v) is 1.52. The molecule has 0 aliphatic rings. The average Bonchev–Trinajstić information content (AvgIpc) is 2.11. The maximum atomic E-state index is 10.9. The quantitative estimate of drug-likeness (QED) is 0.748. The highest BCUT2D eigenvalue weighted by molar-refractivity contribution is 6.42. The summed E-state index contributed by atoms with van der Waals surface area (Å²) < 4.78 is 0. The zero-order chi connectivity index (χ0) is 10.7. The van der Waals surface area contributed by atoms with Gasteiger partial charge in [0.15, 0.2) is 0 Å². The fraction of sp³-hybridized carbons (Fsp3) is 0.300. The molecule has 1 rings (SSSR count). The largest absolute Gasteiger partial charge is 0.298 e. The van der Waals surface area contributed by atoms with Gasteiger partial charge >= 0.3 is 0 Å². The van der Waals surface area contributed by atoms with Crippen LogP contribution in [0, 0.1) is 0 Å². The van der Waals surface area contributed by atoms with E-state index in [1.807, 2.05) is 6.07 Å². The summed E-state index contributed by atoms with van der Waals surface area (Å²) in [7, 11) is 0. The molecule has 1 atom stereocenters. The number of halogens is 3. The van der Waals surface area contributed by atoms with Crippen LogP contribution in [0.4, 0.5) is 0 Å². The molecule has 0 N–H and O–H groups in total. The molecule has 0 aromatic heterocycles. The smallest absolute Gasteiger partial charge is 0.147 e. The van der Waals surface area contributed by atoms with Crippen LogP contribution in [-0.2, 0) is 11.2 Å². The Balaban J connectivity index is 2.78. The molecule has 0 radical (unpaired) electrons. The first-order chi connectivity index (χ1) is 6.50. The van der Waals surface area contributed by atoms with Crippen LogP contribution >= 0.6 is 34.8 Å². The number of Topliss-reactive ketones (excluding diaryl/α,β-unsaturated/α-hetero) is 1. The standard InChI is InChI=1S/C10H9Cl3O/c1-6(14)9(12)4-7-2-3-8(11)10(13)5-7/h2-3,5,9H,4H2,1H3. The maximum absolute atomic E-state index is 10.9. The number of ketones is 1. The molecule has 0 amide bonds. The summed E-state index contributed by atoms with van der Waals surface area (Å²) in [5.41, 5.74) is 0.912. The van der Waals surface area contributed by atoms with Gasteiger partial charge < -0.3 is 0 Å². The van der Waals surface area contributed by atoms with E-state index >= 15 is 0 Å². The summed E-state index contributed by atoms with van der Waals surface area (Å²) in [4.78, 5) is 10.9. The third kappa shape index (κ3) is 3.16. The summed E-state index contributed by atoms with van der Waals surface area (Å²) in [5, 5.41) is 0.494. The molecule has 1 aromatic rings. The van der Waals surface area contributed by atoms with Crippen LogP contribution in [0.3, 0.4) is 0 Å². The number of alkyl halides is 1. The topological polar surface area (TPSA) is 17.1 Å². The zero-order valence-corrected chi connectivity index (χ0v) is 9.83. The lowest BCUT2D eigenvalue weighted by Crippen LogP contribution is -2.13. The van der Waals surface area contributed by atoms with Gasteiger partial charge in [-0.25, -0.2) is 0 Å². The van der Waals surface area contributed by atoms with Gasteiger partial charge in [0.05, 0.1) is 15.4 Å². The highest BCUT2D eigenvalue weighted by Crippen LogP contribution is 2.23. The van der Waals surface area contributed by atoms with Gasteiger partial charge in [-0.2, -0.15) is 0 Å². The van der Waals surface area contributed by atoms with Crippen molar-refractivity contribution in [1.29, 1.82) is 0 Å². The molecular weight excluding hydrogens is 242 g/mol. The van der Waals surface area contributed by atoms with E-state index in [4.69, 9.17) is 34.8 Å². The van der Waals surface area contributed by atoms with E-state index in [0.29, 0.717) is 16.5 Å². The summed E-state index contributed by atoms with van der Waals surface area (Å²) in [6.45, 7) is 1.47. The van der Waals surface area contributed by atoms with Crippen LogP contribution in [0.1, 0.15) is 12.5 Å². The van der Waals surface area contributed by atoms with E-state index in [9.17, 15) is 4.79 Å². The van der Waals surface area contributed by atoms with Crippen LogP contribution in [0.25, 0.3) is 0 Å². The predicted molar refractivity (Wildman–Crippen MR) is 60.5 cm³/mol. The molecule has 0 aliphatic carbocycles. The Morgan fingerprint density at radius 3 is 2.50 bits per heavy atom. The van der Waals surface area contributed by atoms with Crippen molar-refractivity contribution in [2.45, 2.75) is 18.7 Å². The predicted octanol–water partition coefficient (Wildman–Crippen LogP) is 3.73. The Hall–Kier alpha value is -0.240. The Kier molecular flexibility index (Phi) is 4.24. The van der Waals surface area contributed by atoms with Gasteiger partial charge in [0, 0.05) is 0 Å². The monoisotopic (exact) mass is 250 g/mol. The minimum Gasteiger partial charge on any atom is -0.298 e. The SMILES string of the molecule is CC(=O)C(Cl)Cc1ccc(Cl)c(Cl)c1. The molecule has 1 nitrogen and oxygen atoms in total. The number of rotatable bonds is 3. The molecule has 14 heavy (non-hydrogen) atoms. The van der Waals surface area contributed by atoms with Crippen molar-refractivity contribution in [2.75, 3.05) is 0 Å². The van der Waals surface area contributed by atoms with Gasteiger partial charge in [-0.3, -0.25) is 4.79 Å². The van der Waals surface area contributed by atoms with E-state index in [2.05, 4.69) is 0 Å². The van der Waals surface area contributed by atoms with Crippen LogP contribution < -0.4 is 0 Å². The first-order valence-electron chi connectivity index (χ1n) is 4.09. The Morgan fingerprint density at radius 1 is 1.36 bits per heavy atom. The second-order valence-corrected chi connectivity index (χ2v) is 4.37. The van der Waals surface area contributed by atoms with Crippen molar-refractivity contribution in [2.24, 2.45) is 0 Å². The second kappa shape index (κ2) is 5.01. The lowest BCUT2D eigenvalue weighted by atomic mass is 10.1. The molecule has 4 heteroatoms. The molecule has 0 spiro atoms. The van der Waals surface area contributed by atoms with Crippen molar-refractivity contribution in [1.82, 2.24) is 0 Å². The van der Waals surface area contributed by atoms with Gasteiger partial charge in [0.2, 0.25) is 0 Å². The Bertz CT molecular complexity index is 349. The van der Waals surface area contributed by atoms with Crippen molar-refractivity contribution in [3.8, 4) is 0 Å². The minimum absolute atomic E-state index is 0.0438. The third-order valence-corrected chi connectivity index (χ3v) is 3.04. The summed E-state index contributed by atoms with van der Waals surface area (Å²) >= 11 is 17.4. The lowest BCUT2D eigenvalue weighted by molar-refractivity contribution is -0.116. The molecule has 0 heterocycles. The van der Waals surface area contributed by atoms with E-state index in [1.165, 1.54) is 6.92 Å². The van der Waals surface area contributed by atoms with Crippen molar-refractivity contribution < 1.29 is 4.79 Å². The molecule has 0 saturated heterocycles. The Morgan fingerprint density at radius 2 is 2.00 bits per heavy atom. The number of benzene rings is 1. The van der Waals surface area contributed by atoms with Gasteiger partial charge in [0.25, 0.3) is 0 Å². The number of carbonyl (C=O) groups excluding carboxylic acids is 1. The van der Waals surface area contributed by atoms with E-state index in [1.54, 1.807) is 12.1 Å². The molecule has 0 bridgehead atoms. The van der Waals surface area contributed by atoms with Gasteiger partial charge in [-0.05, 0) is 31.0 Å². The van der Waals surface area contributed by atoms with E-state index < -0.39 is 5.38 Å². The Labute approximate surface area is 98.0 Å². The first-order valence-corrected chi connectivity index (χ1v) is 5.28. The molecule has 0 saturated carbocycles. The van der Waals surface area contributed by atoms with Crippen LogP contribution in [0.15, 0.2) is 18.2 Å². The zero-order valence-electron chi connectivity index (χ0n) is 7.56. The van der Waals surface area contributed by atoms with Crippen molar-refractivity contribution >= 4 is 40.6 Å². The summed E-state index contributed by atoms with van der Waals surface area (Å²) in [6.07, 6.45) is 0.480. The fourth-order valence-electron chi connectivity index (χ4n) is 1.02. The van der Waals surface area contributed by atoms with Gasteiger partial charge in [0.1, 0.15) is 5.78 Å². The first kappa shape index (κ1) is 11.8. The highest BCUT2D eigenvalue weighted by Gasteiger charge is 2.11. The average molecular weight is 252 g/mol. The number of hydrogen-bond donors (Lipinski definition) is 0. The molecule has 1 aromatic carbocycles. The van der Waals surface area contributed by atoms with Gasteiger partial charge in [-0.1, -0.05) is 29.3 Å². The highest BCUT2D eigenvalue weighted by atomic mass is 35.5. The molecule has 76 valence electrons. The maximum Gasteiger partial charge on any atom is 0.147 e. The number of hydrogen-bond acceptors (Lipinski definition) is 1. The second-order valence-electron chi connectivity index (χ2n) is 3.03. The minimum atomic E-state index is -0.493. The molecule has 0 aliphatic heterocycles. The van der Waals surface area contributed by atoms with Crippen LogP contribution in [0.5, 0.6) is 0 Å². The number of carbonyl (C=O) groups is 1. The van der Waals surface area contributed by atoms with E-state index in [-0.39, 0.29) is 5.78 Å². The lowest BCUT2D eigenvalue weighted by Gasteiger charge is -2.06. The van der Waals surface area contributed by atoms with Crippen molar-refractivity contribution in [3.63, 3.8) is 0 Å². The van der Waals surface area contributed by atoms with E-state index in [0.717, 1.165) is 5.56 Å². The summed E-state index contributed by atoms with van der Waals surface area (Å²) in [5.74, 6) is -0.0438. The molecule has 1 unspecified atom stereocenters. The normalized spacial score (nSPS) is 12.6.